The number of nitrogens with two attached hydrogens (primary N) is 1. The van der Waals surface area contributed by atoms with E-state index in [1.165, 1.54) is 42.1 Å². The van der Waals surface area contributed by atoms with Gasteiger partial charge >= 0.3 is 5.97 Å². The zero-order valence-corrected chi connectivity index (χ0v) is 39.3. The van der Waals surface area contributed by atoms with E-state index in [1.54, 1.807) is 52.8 Å². The van der Waals surface area contributed by atoms with Crippen LogP contribution in [-0.2, 0) is 54.3 Å². The molecular weight excluding hydrogens is 841 g/mol. The first kappa shape index (κ1) is 53.3. The van der Waals surface area contributed by atoms with Gasteiger partial charge < -0.3 is 52.0 Å². The number of aromatic hydroxyl groups is 1. The zero-order chi connectivity index (χ0) is 48.9. The Bertz CT molecular complexity index is 1920. The Morgan fingerprint density at radius 2 is 1.49 bits per heavy atom. The second-order valence-corrected chi connectivity index (χ2v) is 18.0. The number of cyclic esters (lactones) is 1. The van der Waals surface area contributed by atoms with Crippen molar-refractivity contribution in [2.45, 2.75) is 156 Å². The number of hydrogen-bond acceptors (Lipinski definition) is 11. The second kappa shape index (κ2) is 24.3. The molecule has 3 rings (SSSR count). The van der Waals surface area contributed by atoms with Crippen molar-refractivity contribution >= 4 is 53.2 Å². The van der Waals surface area contributed by atoms with E-state index in [0.717, 1.165) is 0 Å². The van der Waals surface area contributed by atoms with E-state index in [1.807, 2.05) is 20.8 Å². The minimum Gasteiger partial charge on any atom is -0.508 e. The van der Waals surface area contributed by atoms with Crippen LogP contribution in [0.1, 0.15) is 106 Å². The third-order valence-electron chi connectivity index (χ3n) is 12.0. The number of carbonyl (C=O) groups is 9. The van der Waals surface area contributed by atoms with Gasteiger partial charge in [0.1, 0.15) is 54.1 Å². The molecule has 0 spiro atoms. The average molecular weight is 911 g/mol. The number of esters is 1. The number of benzene rings is 1. The standard InChI is InChI=1S/C46H70N8O11/c1-11-26(7)36-46(64)65-28(9)37(52-40(58)31(19-20-35(47)56)48-39(57)25(5)6)43(61)50-33(22-24(3)4)41(59)49-32-14-13-21-54(44(32)62)38(27(8)12-2)45(63)53(10)34(42(60)51-36)23-29-15-17-30(55)18-16-29/h13,15-18,21,24-28,31-34,36-38,55H,11-12,14,19-20,22-23H2,1-10H3,(H2,47,56)(H,48,57)(H,49,59)(H,50,61)(H,51,60)(H,52,58)/t26?,27?,28-,31+,32+,33+,34+,36+,37+,38-/m1/s1. The van der Waals surface area contributed by atoms with Gasteiger partial charge in [-0.3, -0.25) is 38.4 Å². The van der Waals surface area contributed by atoms with E-state index in [9.17, 15) is 48.3 Å². The highest BCUT2D eigenvalue weighted by molar-refractivity contribution is 5.99. The van der Waals surface area contributed by atoms with E-state index in [0.29, 0.717) is 18.4 Å². The van der Waals surface area contributed by atoms with Crippen LogP contribution in [0.15, 0.2) is 36.5 Å². The Hall–Kier alpha value is -6.01. The summed E-state index contributed by atoms with van der Waals surface area (Å²) >= 11 is 0. The maximum absolute atomic E-state index is 14.8. The maximum Gasteiger partial charge on any atom is 0.329 e. The molecule has 2 heterocycles. The van der Waals surface area contributed by atoms with Crippen LogP contribution in [0.2, 0.25) is 0 Å². The van der Waals surface area contributed by atoms with Crippen LogP contribution in [-0.4, -0.2) is 124 Å². The third kappa shape index (κ3) is 14.8. The first-order valence-electron chi connectivity index (χ1n) is 22.5. The first-order chi connectivity index (χ1) is 30.5. The molecule has 2 aliphatic heterocycles. The highest BCUT2D eigenvalue weighted by Crippen LogP contribution is 2.25. The summed E-state index contributed by atoms with van der Waals surface area (Å²) < 4.78 is 5.91. The molecule has 19 heteroatoms. The van der Waals surface area contributed by atoms with Gasteiger partial charge in [-0.25, -0.2) is 4.79 Å². The second-order valence-electron chi connectivity index (χ2n) is 18.0. The largest absolute Gasteiger partial charge is 0.508 e. The Morgan fingerprint density at radius 1 is 0.862 bits per heavy atom. The smallest absolute Gasteiger partial charge is 0.329 e. The lowest BCUT2D eigenvalue weighted by atomic mass is 9.93. The van der Waals surface area contributed by atoms with Gasteiger partial charge in [0.2, 0.25) is 47.3 Å². The van der Waals surface area contributed by atoms with Gasteiger partial charge in [-0.1, -0.05) is 86.4 Å². The van der Waals surface area contributed by atoms with Crippen LogP contribution in [0.25, 0.3) is 0 Å². The summed E-state index contributed by atoms with van der Waals surface area (Å²) in [5, 5.41) is 23.3. The molecule has 8 N–H and O–H groups in total. The summed E-state index contributed by atoms with van der Waals surface area (Å²) in [6.45, 7) is 15.3. The van der Waals surface area contributed by atoms with E-state index in [4.69, 9.17) is 10.5 Å². The molecule has 360 valence electrons. The van der Waals surface area contributed by atoms with E-state index in [2.05, 4.69) is 26.6 Å². The number of nitrogens with one attached hydrogen (secondary N) is 5. The molecular formula is C46H70N8O11. The zero-order valence-electron chi connectivity index (χ0n) is 39.3. The number of phenols is 1. The Morgan fingerprint density at radius 3 is 2.06 bits per heavy atom. The van der Waals surface area contributed by atoms with Gasteiger partial charge in [-0.2, -0.15) is 0 Å². The van der Waals surface area contributed by atoms with Crippen molar-refractivity contribution in [1.29, 1.82) is 0 Å². The fourth-order valence-corrected chi connectivity index (χ4v) is 7.52. The maximum atomic E-state index is 14.8. The molecule has 1 saturated heterocycles. The van der Waals surface area contributed by atoms with Gasteiger partial charge in [0.15, 0.2) is 0 Å². The van der Waals surface area contributed by atoms with Crippen molar-refractivity contribution in [3.05, 3.63) is 42.1 Å². The van der Waals surface area contributed by atoms with Crippen LogP contribution in [0.3, 0.4) is 0 Å². The van der Waals surface area contributed by atoms with Gasteiger partial charge in [0.25, 0.3) is 0 Å². The number of primary amides is 1. The number of likely N-dealkylation sites (N-methyl/N-ethyl adjacent to an activating group) is 1. The highest BCUT2D eigenvalue weighted by Gasteiger charge is 2.44. The van der Waals surface area contributed by atoms with Crippen LogP contribution in [0.5, 0.6) is 5.75 Å². The number of rotatable bonds is 15. The molecule has 0 radical (unpaired) electrons. The highest BCUT2D eigenvalue weighted by atomic mass is 16.5. The minimum atomic E-state index is -1.71. The van der Waals surface area contributed by atoms with E-state index in [-0.39, 0.29) is 43.8 Å². The number of carbonyl (C=O) groups excluding carboxylic acids is 9. The van der Waals surface area contributed by atoms with E-state index >= 15 is 0 Å². The number of amides is 8. The fourth-order valence-electron chi connectivity index (χ4n) is 7.52. The quantitative estimate of drug-likeness (QED) is 0.123. The summed E-state index contributed by atoms with van der Waals surface area (Å²) in [5.74, 6) is -8.59. The fraction of sp³-hybridized carbons (Fsp3) is 0.630. The van der Waals surface area contributed by atoms with Crippen molar-refractivity contribution < 1.29 is 53.0 Å². The van der Waals surface area contributed by atoms with Crippen molar-refractivity contribution in [3.63, 3.8) is 0 Å². The van der Waals surface area contributed by atoms with Gasteiger partial charge in [0, 0.05) is 32.0 Å². The Balaban J connectivity index is 2.25. The number of nitrogens with zero attached hydrogens (tertiary/aromatic N) is 2. The van der Waals surface area contributed by atoms with E-state index < -0.39 is 119 Å². The molecule has 0 aliphatic carbocycles. The molecule has 10 atom stereocenters. The number of fused-ring (bicyclic) bond motifs is 2. The average Bonchev–Trinajstić information content (AvgIpc) is 3.25. The number of phenolic OH excluding ortho intramolecular Hbond substituents is 1. The molecule has 1 aromatic carbocycles. The minimum absolute atomic E-state index is 0.0223. The summed E-state index contributed by atoms with van der Waals surface area (Å²) in [6.07, 6.45) is 1.98. The predicted molar refractivity (Wildman–Crippen MR) is 240 cm³/mol. The lowest BCUT2D eigenvalue weighted by Gasteiger charge is -2.40. The molecule has 65 heavy (non-hydrogen) atoms. The molecule has 2 bridgehead atoms. The van der Waals surface area contributed by atoms with Gasteiger partial charge in [-0.05, 0) is 61.6 Å². The lowest BCUT2D eigenvalue weighted by Crippen LogP contribution is -2.62. The molecule has 0 saturated carbocycles. The molecule has 8 amide bonds. The van der Waals surface area contributed by atoms with Crippen LogP contribution in [0.4, 0.5) is 0 Å². The molecule has 2 aliphatic rings. The summed E-state index contributed by atoms with van der Waals surface area (Å²) in [4.78, 5) is 128. The van der Waals surface area contributed by atoms with Crippen LogP contribution in [0, 0.1) is 23.7 Å². The van der Waals surface area contributed by atoms with Crippen molar-refractivity contribution in [1.82, 2.24) is 36.4 Å². The lowest BCUT2D eigenvalue weighted by molar-refractivity contribution is -0.158. The molecule has 0 aromatic heterocycles. The first-order valence-corrected chi connectivity index (χ1v) is 22.5. The van der Waals surface area contributed by atoms with Crippen molar-refractivity contribution in [3.8, 4) is 5.75 Å². The summed E-state index contributed by atoms with van der Waals surface area (Å²) in [6, 6.07) is -3.23. The van der Waals surface area contributed by atoms with Gasteiger partial charge in [-0.15, -0.1) is 0 Å². The van der Waals surface area contributed by atoms with Crippen LogP contribution < -0.4 is 32.3 Å². The molecule has 1 aromatic rings. The third-order valence-corrected chi connectivity index (χ3v) is 12.0. The number of hydrogen-bond donors (Lipinski definition) is 7. The SMILES string of the molecule is CCC(C)[C@@H]1NC(=O)[C@H](Cc2ccc(O)cc2)N(C)C(=O)[C@@H](C(C)CC)N2C=CC[C@H](NC(=O)[C@H](CC(C)C)NC(=O)[C@@H](NC(=O)[C@H](CCC(N)=O)NC(=O)C(C)C)[C@@H](C)OC1=O)C2=O. The van der Waals surface area contributed by atoms with Crippen molar-refractivity contribution in [2.24, 2.45) is 29.4 Å². The monoisotopic (exact) mass is 911 g/mol. The topological polar surface area (TPSA) is 276 Å². The van der Waals surface area contributed by atoms with Crippen molar-refractivity contribution in [2.75, 3.05) is 7.05 Å². The predicted octanol–water partition coefficient (Wildman–Crippen LogP) is 1.31. The van der Waals surface area contributed by atoms with Crippen LogP contribution >= 0.6 is 0 Å². The Labute approximate surface area is 381 Å². The molecule has 1 fully saturated rings. The molecule has 19 nitrogen and oxygen atoms in total. The number of ether oxygens (including phenoxy) is 1. The van der Waals surface area contributed by atoms with Gasteiger partial charge in [0.05, 0.1) is 0 Å². The Kier molecular flexibility index (Phi) is 20.0. The summed E-state index contributed by atoms with van der Waals surface area (Å²) in [7, 11) is 1.43. The normalized spacial score (nSPS) is 25.3. The summed E-state index contributed by atoms with van der Waals surface area (Å²) in [5.41, 5.74) is 5.94. The molecule has 2 unspecified atom stereocenters.